The van der Waals surface area contributed by atoms with Crippen molar-refractivity contribution in [3.63, 3.8) is 0 Å². The average molecular weight is 227 g/mol. The zero-order valence-corrected chi connectivity index (χ0v) is 10.1. The van der Waals surface area contributed by atoms with E-state index in [-0.39, 0.29) is 6.10 Å². The molecular weight excluding hydrogens is 210 g/mol. The van der Waals surface area contributed by atoms with Crippen LogP contribution in [0.2, 0.25) is 0 Å². The minimum Gasteiger partial charge on any atom is -0.391 e. The summed E-state index contributed by atoms with van der Waals surface area (Å²) in [6.07, 6.45) is 0.705. The molecule has 1 aliphatic rings. The number of nitrogens with zero attached hydrogens (tertiary/aromatic N) is 1. The lowest BCUT2D eigenvalue weighted by Gasteiger charge is -2.21. The Balaban J connectivity index is 2.16. The van der Waals surface area contributed by atoms with Gasteiger partial charge in [0.25, 0.3) is 0 Å². The van der Waals surface area contributed by atoms with E-state index in [1.165, 1.54) is 22.0 Å². The van der Waals surface area contributed by atoms with E-state index in [1.807, 2.05) is 0 Å². The molecule has 0 spiro atoms. The van der Waals surface area contributed by atoms with Gasteiger partial charge in [0, 0.05) is 24.2 Å². The molecule has 0 bridgehead atoms. The molecule has 1 fully saturated rings. The number of rotatable bonds is 1. The standard InChI is InChI=1S/C15H17NO/c1-11-4-2-5-12-6-3-7-14(15(11)12)16-9-8-13(17)10-16/h2-7,13,17H,8-10H2,1H3. The molecule has 0 saturated carbocycles. The Morgan fingerprint density at radius 1 is 1.18 bits per heavy atom. The van der Waals surface area contributed by atoms with Gasteiger partial charge in [-0.2, -0.15) is 0 Å². The summed E-state index contributed by atoms with van der Waals surface area (Å²) in [5.41, 5.74) is 2.57. The number of β-amino-alcohol motifs (C(OH)–C–C–N with tert-alkyl or cyclic N) is 1. The van der Waals surface area contributed by atoms with Gasteiger partial charge < -0.3 is 10.0 Å². The van der Waals surface area contributed by atoms with Crippen LogP contribution in [0.4, 0.5) is 5.69 Å². The van der Waals surface area contributed by atoms with Crippen molar-refractivity contribution in [2.24, 2.45) is 0 Å². The number of benzene rings is 2. The highest BCUT2D eigenvalue weighted by molar-refractivity contribution is 5.96. The van der Waals surface area contributed by atoms with Gasteiger partial charge in [0.05, 0.1) is 6.10 Å². The number of anilines is 1. The van der Waals surface area contributed by atoms with Crippen LogP contribution in [0, 0.1) is 6.92 Å². The minimum absolute atomic E-state index is 0.172. The fourth-order valence-electron chi connectivity index (χ4n) is 2.73. The van der Waals surface area contributed by atoms with E-state index in [9.17, 15) is 5.11 Å². The van der Waals surface area contributed by atoms with Crippen LogP contribution in [0.3, 0.4) is 0 Å². The first kappa shape index (κ1) is 10.6. The van der Waals surface area contributed by atoms with Crippen LogP contribution in [0.1, 0.15) is 12.0 Å². The van der Waals surface area contributed by atoms with E-state index >= 15 is 0 Å². The minimum atomic E-state index is -0.172. The second-order valence-corrected chi connectivity index (χ2v) is 4.84. The molecule has 1 atom stereocenters. The molecule has 1 heterocycles. The normalized spacial score (nSPS) is 20.1. The van der Waals surface area contributed by atoms with Crippen LogP contribution >= 0.6 is 0 Å². The highest BCUT2D eigenvalue weighted by Crippen LogP contribution is 2.31. The van der Waals surface area contributed by atoms with Crippen molar-refractivity contribution >= 4 is 16.5 Å². The lowest BCUT2D eigenvalue weighted by molar-refractivity contribution is 0.198. The second-order valence-electron chi connectivity index (χ2n) is 4.84. The van der Waals surface area contributed by atoms with E-state index < -0.39 is 0 Å². The molecule has 2 nitrogen and oxygen atoms in total. The molecule has 0 amide bonds. The third-order valence-corrected chi connectivity index (χ3v) is 3.60. The smallest absolute Gasteiger partial charge is 0.0731 e. The first-order valence-corrected chi connectivity index (χ1v) is 6.17. The molecule has 1 unspecified atom stereocenters. The first-order valence-electron chi connectivity index (χ1n) is 6.17. The molecule has 88 valence electrons. The van der Waals surface area contributed by atoms with Crippen LogP contribution in [0.15, 0.2) is 36.4 Å². The molecular formula is C15H17NO. The molecule has 0 aromatic heterocycles. The summed E-state index contributed by atoms with van der Waals surface area (Å²) >= 11 is 0. The molecule has 0 radical (unpaired) electrons. The molecule has 1 saturated heterocycles. The van der Waals surface area contributed by atoms with Crippen molar-refractivity contribution in [1.29, 1.82) is 0 Å². The van der Waals surface area contributed by atoms with Gasteiger partial charge in [0.15, 0.2) is 0 Å². The van der Waals surface area contributed by atoms with Crippen molar-refractivity contribution in [3.05, 3.63) is 42.0 Å². The SMILES string of the molecule is Cc1cccc2cccc(N3CCC(O)C3)c12. The molecule has 2 heteroatoms. The van der Waals surface area contributed by atoms with Gasteiger partial charge in [0.2, 0.25) is 0 Å². The van der Waals surface area contributed by atoms with Crippen molar-refractivity contribution in [2.45, 2.75) is 19.4 Å². The number of aliphatic hydroxyl groups is 1. The topological polar surface area (TPSA) is 23.5 Å². The summed E-state index contributed by atoms with van der Waals surface area (Å²) in [7, 11) is 0. The number of hydrogen-bond acceptors (Lipinski definition) is 2. The fraction of sp³-hybridized carbons (Fsp3) is 0.333. The van der Waals surface area contributed by atoms with Gasteiger partial charge in [-0.15, -0.1) is 0 Å². The number of aliphatic hydroxyl groups excluding tert-OH is 1. The van der Waals surface area contributed by atoms with Gasteiger partial charge in [-0.05, 0) is 30.4 Å². The average Bonchev–Trinajstić information content (AvgIpc) is 2.75. The summed E-state index contributed by atoms with van der Waals surface area (Å²) in [6, 6.07) is 12.8. The number of hydrogen-bond donors (Lipinski definition) is 1. The van der Waals surface area contributed by atoms with Crippen molar-refractivity contribution in [3.8, 4) is 0 Å². The summed E-state index contributed by atoms with van der Waals surface area (Å²) in [4.78, 5) is 2.29. The van der Waals surface area contributed by atoms with Crippen molar-refractivity contribution in [1.82, 2.24) is 0 Å². The largest absolute Gasteiger partial charge is 0.391 e. The Bertz CT molecular complexity index is 544. The molecule has 2 aromatic carbocycles. The van der Waals surface area contributed by atoms with Gasteiger partial charge in [-0.3, -0.25) is 0 Å². The highest BCUT2D eigenvalue weighted by Gasteiger charge is 2.21. The Labute approximate surface area is 101 Å². The molecule has 1 aliphatic heterocycles. The maximum Gasteiger partial charge on any atom is 0.0731 e. The predicted molar refractivity (Wildman–Crippen MR) is 71.5 cm³/mol. The monoisotopic (exact) mass is 227 g/mol. The molecule has 1 N–H and O–H groups in total. The van der Waals surface area contributed by atoms with E-state index in [2.05, 4.69) is 48.2 Å². The van der Waals surface area contributed by atoms with E-state index in [0.29, 0.717) is 0 Å². The highest BCUT2D eigenvalue weighted by atomic mass is 16.3. The van der Waals surface area contributed by atoms with Gasteiger partial charge in [-0.25, -0.2) is 0 Å². The molecule has 17 heavy (non-hydrogen) atoms. The maximum absolute atomic E-state index is 9.66. The van der Waals surface area contributed by atoms with Crippen LogP contribution in [-0.4, -0.2) is 24.3 Å². The summed E-state index contributed by atoms with van der Waals surface area (Å²) in [6.45, 7) is 3.86. The zero-order chi connectivity index (χ0) is 11.8. The van der Waals surface area contributed by atoms with Gasteiger partial charge in [-0.1, -0.05) is 30.3 Å². The summed E-state index contributed by atoms with van der Waals surface area (Å²) in [5, 5.41) is 12.3. The lowest BCUT2D eigenvalue weighted by Crippen LogP contribution is -2.21. The summed E-state index contributed by atoms with van der Waals surface area (Å²) in [5.74, 6) is 0. The Hall–Kier alpha value is -1.54. The zero-order valence-electron chi connectivity index (χ0n) is 10.1. The maximum atomic E-state index is 9.66. The number of aryl methyl sites for hydroxylation is 1. The van der Waals surface area contributed by atoms with Crippen LogP contribution in [0.5, 0.6) is 0 Å². The molecule has 3 rings (SSSR count). The van der Waals surface area contributed by atoms with Gasteiger partial charge >= 0.3 is 0 Å². The Kier molecular flexibility index (Phi) is 2.52. The van der Waals surface area contributed by atoms with E-state index in [1.54, 1.807) is 0 Å². The first-order chi connectivity index (χ1) is 8.25. The van der Waals surface area contributed by atoms with E-state index in [4.69, 9.17) is 0 Å². The Morgan fingerprint density at radius 3 is 2.65 bits per heavy atom. The molecule has 0 aliphatic carbocycles. The Morgan fingerprint density at radius 2 is 1.94 bits per heavy atom. The van der Waals surface area contributed by atoms with Crippen molar-refractivity contribution < 1.29 is 5.11 Å². The van der Waals surface area contributed by atoms with Crippen LogP contribution in [0.25, 0.3) is 10.8 Å². The third-order valence-electron chi connectivity index (χ3n) is 3.60. The van der Waals surface area contributed by atoms with Crippen LogP contribution < -0.4 is 4.90 Å². The van der Waals surface area contributed by atoms with E-state index in [0.717, 1.165) is 19.5 Å². The number of fused-ring (bicyclic) bond motifs is 1. The van der Waals surface area contributed by atoms with Crippen LogP contribution in [-0.2, 0) is 0 Å². The summed E-state index contributed by atoms with van der Waals surface area (Å²) < 4.78 is 0. The van der Waals surface area contributed by atoms with Crippen molar-refractivity contribution in [2.75, 3.05) is 18.0 Å². The fourth-order valence-corrected chi connectivity index (χ4v) is 2.73. The predicted octanol–water partition coefficient (Wildman–Crippen LogP) is 2.72. The molecule has 2 aromatic rings. The third kappa shape index (κ3) is 1.79. The van der Waals surface area contributed by atoms with Gasteiger partial charge in [0.1, 0.15) is 0 Å². The second kappa shape index (κ2) is 4.04. The quantitative estimate of drug-likeness (QED) is 0.809. The lowest BCUT2D eigenvalue weighted by atomic mass is 10.0.